The fourth-order valence-corrected chi connectivity index (χ4v) is 0.784. The van der Waals surface area contributed by atoms with Crippen LogP contribution in [0.25, 0.3) is 0 Å². The second kappa shape index (κ2) is 2.65. The van der Waals surface area contributed by atoms with E-state index in [9.17, 15) is 14.9 Å². The van der Waals surface area contributed by atoms with Crippen LogP contribution >= 0.6 is 0 Å². The van der Waals surface area contributed by atoms with Gasteiger partial charge in [0.15, 0.2) is 5.82 Å². The van der Waals surface area contributed by atoms with Crippen LogP contribution in [-0.4, -0.2) is 9.91 Å². The molecule has 0 bridgehead atoms. The van der Waals surface area contributed by atoms with Crippen molar-refractivity contribution in [2.45, 2.75) is 6.92 Å². The number of rotatable bonds is 1. The molecule has 0 aliphatic heterocycles. The van der Waals surface area contributed by atoms with E-state index in [1.165, 1.54) is 6.92 Å². The minimum absolute atomic E-state index is 0.212. The Bertz CT molecular complexity index is 382. The van der Waals surface area contributed by atoms with Gasteiger partial charge in [-0.1, -0.05) is 0 Å². The Morgan fingerprint density at radius 2 is 2.25 bits per heavy atom. The number of hydrogen-bond acceptors (Lipinski definition) is 4. The lowest BCUT2D eigenvalue weighted by Crippen LogP contribution is -2.13. The summed E-state index contributed by atoms with van der Waals surface area (Å²) in [6.45, 7) is 1.48. The monoisotopic (exact) mass is 169 g/mol. The second-order valence-electron chi connectivity index (χ2n) is 2.34. The minimum atomic E-state index is -0.641. The number of aromatic amines is 1. The Balaban J connectivity index is 3.43. The standard InChI is InChI=1S/C6H7N3O3/c1-3-2-4(9(11)12)5(7)8-6(3)10/h2H,1H3,(H3,7,8,10). The smallest absolute Gasteiger partial charge is 0.309 e. The van der Waals surface area contributed by atoms with Gasteiger partial charge in [-0.05, 0) is 6.92 Å². The summed E-state index contributed by atoms with van der Waals surface area (Å²) >= 11 is 0. The van der Waals surface area contributed by atoms with Gasteiger partial charge in [0.05, 0.1) is 4.92 Å². The van der Waals surface area contributed by atoms with Crippen LogP contribution < -0.4 is 11.3 Å². The van der Waals surface area contributed by atoms with Crippen LogP contribution in [0.2, 0.25) is 0 Å². The maximum Gasteiger partial charge on any atom is 0.309 e. The van der Waals surface area contributed by atoms with Gasteiger partial charge < -0.3 is 10.7 Å². The molecule has 0 saturated carbocycles. The van der Waals surface area contributed by atoms with Gasteiger partial charge in [-0.2, -0.15) is 0 Å². The first-order valence-electron chi connectivity index (χ1n) is 3.16. The van der Waals surface area contributed by atoms with Crippen molar-refractivity contribution in [2.24, 2.45) is 0 Å². The maximum atomic E-state index is 10.9. The maximum absolute atomic E-state index is 10.9. The Kier molecular flexibility index (Phi) is 1.82. The molecule has 6 nitrogen and oxygen atoms in total. The molecule has 0 atom stereocenters. The molecule has 1 rings (SSSR count). The average molecular weight is 169 g/mol. The summed E-state index contributed by atoms with van der Waals surface area (Å²) in [7, 11) is 0. The van der Waals surface area contributed by atoms with E-state index in [1.54, 1.807) is 0 Å². The van der Waals surface area contributed by atoms with Crippen molar-refractivity contribution in [3.8, 4) is 0 Å². The SMILES string of the molecule is Cc1cc([N+](=O)[O-])c(N)[nH]c1=O. The molecular weight excluding hydrogens is 162 g/mol. The molecule has 0 radical (unpaired) electrons. The third kappa shape index (κ3) is 1.26. The molecule has 0 aromatic carbocycles. The van der Waals surface area contributed by atoms with Crippen LogP contribution in [0.15, 0.2) is 10.9 Å². The zero-order valence-electron chi connectivity index (χ0n) is 6.33. The first-order valence-corrected chi connectivity index (χ1v) is 3.16. The number of nitrogens with two attached hydrogens (primary N) is 1. The van der Waals surface area contributed by atoms with Gasteiger partial charge in [0.2, 0.25) is 0 Å². The van der Waals surface area contributed by atoms with Gasteiger partial charge >= 0.3 is 5.69 Å². The lowest BCUT2D eigenvalue weighted by Gasteiger charge is -1.96. The number of anilines is 1. The molecule has 0 spiro atoms. The summed E-state index contributed by atoms with van der Waals surface area (Å²) in [5.74, 6) is -0.212. The molecule has 12 heavy (non-hydrogen) atoms. The predicted octanol–water partition coefficient (Wildman–Crippen LogP) is 0.174. The quantitative estimate of drug-likeness (QED) is 0.462. The summed E-state index contributed by atoms with van der Waals surface area (Å²) < 4.78 is 0. The predicted molar refractivity (Wildman–Crippen MR) is 42.9 cm³/mol. The van der Waals surface area contributed by atoms with E-state index in [1.807, 2.05) is 0 Å². The van der Waals surface area contributed by atoms with Crippen molar-refractivity contribution in [3.05, 3.63) is 32.1 Å². The number of nitrogens with one attached hydrogen (secondary N) is 1. The number of nitrogen functional groups attached to an aromatic ring is 1. The third-order valence-corrected chi connectivity index (χ3v) is 1.43. The molecule has 0 unspecified atom stereocenters. The number of H-pyrrole nitrogens is 1. The Labute approximate surface area is 67.2 Å². The average Bonchev–Trinajstić information content (AvgIpc) is 1.96. The molecule has 0 aliphatic rings. The summed E-state index contributed by atoms with van der Waals surface area (Å²) in [6.07, 6.45) is 0. The zero-order chi connectivity index (χ0) is 9.30. The minimum Gasteiger partial charge on any atom is -0.379 e. The number of nitrogens with zero attached hydrogens (tertiary/aromatic N) is 1. The van der Waals surface area contributed by atoms with E-state index in [0.717, 1.165) is 6.07 Å². The molecule has 0 saturated heterocycles. The second-order valence-corrected chi connectivity index (χ2v) is 2.34. The van der Waals surface area contributed by atoms with Crippen molar-refractivity contribution < 1.29 is 4.92 Å². The van der Waals surface area contributed by atoms with E-state index in [4.69, 9.17) is 5.73 Å². The lowest BCUT2D eigenvalue weighted by molar-refractivity contribution is -0.384. The van der Waals surface area contributed by atoms with Gasteiger partial charge in [-0.3, -0.25) is 14.9 Å². The summed E-state index contributed by atoms with van der Waals surface area (Å²) in [5.41, 5.74) is 4.79. The summed E-state index contributed by atoms with van der Waals surface area (Å²) in [4.78, 5) is 22.7. The van der Waals surface area contributed by atoms with E-state index in [-0.39, 0.29) is 17.1 Å². The van der Waals surface area contributed by atoms with E-state index in [0.29, 0.717) is 0 Å². The fourth-order valence-electron chi connectivity index (χ4n) is 0.784. The van der Waals surface area contributed by atoms with Crippen molar-refractivity contribution in [3.63, 3.8) is 0 Å². The zero-order valence-corrected chi connectivity index (χ0v) is 6.33. The highest BCUT2D eigenvalue weighted by atomic mass is 16.6. The van der Waals surface area contributed by atoms with Crippen LogP contribution in [0.1, 0.15) is 5.56 Å². The number of aryl methyl sites for hydroxylation is 1. The van der Waals surface area contributed by atoms with Crippen LogP contribution in [0.3, 0.4) is 0 Å². The van der Waals surface area contributed by atoms with Gasteiger partial charge in [0.1, 0.15) is 0 Å². The van der Waals surface area contributed by atoms with Crippen LogP contribution in [-0.2, 0) is 0 Å². The first kappa shape index (κ1) is 8.25. The van der Waals surface area contributed by atoms with Crippen molar-refractivity contribution in [2.75, 3.05) is 5.73 Å². The fraction of sp³-hybridized carbons (Fsp3) is 0.167. The van der Waals surface area contributed by atoms with Crippen LogP contribution in [0.5, 0.6) is 0 Å². The molecule has 6 heteroatoms. The highest BCUT2D eigenvalue weighted by molar-refractivity contribution is 5.52. The largest absolute Gasteiger partial charge is 0.379 e. The summed E-state index contributed by atoms with van der Waals surface area (Å²) in [5, 5.41) is 10.3. The Morgan fingerprint density at radius 3 is 2.75 bits per heavy atom. The van der Waals surface area contributed by atoms with Crippen molar-refractivity contribution in [1.29, 1.82) is 0 Å². The van der Waals surface area contributed by atoms with Gasteiger partial charge in [0, 0.05) is 11.6 Å². The number of aromatic nitrogens is 1. The highest BCUT2D eigenvalue weighted by Gasteiger charge is 2.12. The molecule has 1 aromatic rings. The molecular formula is C6H7N3O3. The molecule has 0 fully saturated rings. The highest BCUT2D eigenvalue weighted by Crippen LogP contribution is 2.16. The third-order valence-electron chi connectivity index (χ3n) is 1.43. The van der Waals surface area contributed by atoms with E-state index < -0.39 is 10.5 Å². The van der Waals surface area contributed by atoms with E-state index >= 15 is 0 Å². The van der Waals surface area contributed by atoms with Crippen molar-refractivity contribution >= 4 is 11.5 Å². The summed E-state index contributed by atoms with van der Waals surface area (Å²) in [6, 6.07) is 1.15. The van der Waals surface area contributed by atoms with Crippen LogP contribution in [0.4, 0.5) is 11.5 Å². The molecule has 1 heterocycles. The van der Waals surface area contributed by atoms with Gasteiger partial charge in [-0.15, -0.1) is 0 Å². The molecule has 3 N–H and O–H groups in total. The topological polar surface area (TPSA) is 102 Å². The molecule has 0 amide bonds. The first-order chi connectivity index (χ1) is 5.52. The van der Waals surface area contributed by atoms with E-state index in [2.05, 4.69) is 4.98 Å². The Morgan fingerprint density at radius 1 is 1.67 bits per heavy atom. The molecule has 1 aromatic heterocycles. The lowest BCUT2D eigenvalue weighted by atomic mass is 10.3. The Hall–Kier alpha value is -1.85. The number of hydrogen-bond donors (Lipinski definition) is 2. The number of nitro groups is 1. The molecule has 64 valence electrons. The van der Waals surface area contributed by atoms with Crippen LogP contribution in [0, 0.1) is 17.0 Å². The normalized spacial score (nSPS) is 9.75. The van der Waals surface area contributed by atoms with Crippen molar-refractivity contribution in [1.82, 2.24) is 4.98 Å². The van der Waals surface area contributed by atoms with Gasteiger partial charge in [0.25, 0.3) is 5.56 Å². The number of pyridine rings is 1. The van der Waals surface area contributed by atoms with Gasteiger partial charge in [-0.25, -0.2) is 0 Å². The molecule has 0 aliphatic carbocycles.